The number of aromatic nitrogens is 1. The van der Waals surface area contributed by atoms with Crippen LogP contribution in [0, 0.1) is 17.1 Å². The molecule has 0 saturated carbocycles. The van der Waals surface area contributed by atoms with Crippen molar-refractivity contribution in [2.45, 2.75) is 6.54 Å². The Kier molecular flexibility index (Phi) is 5.27. The molecule has 0 spiro atoms. The number of hydrogen-bond acceptors (Lipinski definition) is 4. The molecule has 1 aliphatic rings. The summed E-state index contributed by atoms with van der Waals surface area (Å²) in [6.45, 7) is 3.58. The summed E-state index contributed by atoms with van der Waals surface area (Å²) in [7, 11) is 2.04. The first-order valence-electron chi connectivity index (χ1n) is 9.41. The number of nitrogens with zero attached hydrogens (tertiary/aromatic N) is 4. The van der Waals surface area contributed by atoms with Gasteiger partial charge in [-0.2, -0.15) is 5.26 Å². The summed E-state index contributed by atoms with van der Waals surface area (Å²) >= 11 is 5.97. The predicted octanol–water partition coefficient (Wildman–Crippen LogP) is 3.47. The van der Waals surface area contributed by atoms with Gasteiger partial charge >= 0.3 is 0 Å². The fraction of sp³-hybridized carbons (Fsp3) is 0.273. The number of benzene rings is 2. The van der Waals surface area contributed by atoms with E-state index in [2.05, 4.69) is 4.90 Å². The third-order valence-electron chi connectivity index (χ3n) is 5.38. The number of anilines is 1. The minimum atomic E-state index is -0.446. The van der Waals surface area contributed by atoms with Crippen LogP contribution < -0.4 is 10.3 Å². The molecule has 0 aliphatic carbocycles. The Labute approximate surface area is 173 Å². The van der Waals surface area contributed by atoms with Gasteiger partial charge in [0.05, 0.1) is 16.6 Å². The lowest BCUT2D eigenvalue weighted by molar-refractivity contribution is 0.312. The van der Waals surface area contributed by atoms with E-state index >= 15 is 0 Å². The van der Waals surface area contributed by atoms with E-state index in [0.29, 0.717) is 22.8 Å². The van der Waals surface area contributed by atoms with Gasteiger partial charge < -0.3 is 14.4 Å². The summed E-state index contributed by atoms with van der Waals surface area (Å²) in [5, 5.41) is 10.2. The van der Waals surface area contributed by atoms with Gasteiger partial charge in [0, 0.05) is 43.9 Å². The first kappa shape index (κ1) is 19.4. The number of piperazine rings is 1. The van der Waals surface area contributed by atoms with Crippen molar-refractivity contribution in [3.05, 3.63) is 74.8 Å². The molecule has 29 heavy (non-hydrogen) atoms. The first-order valence-corrected chi connectivity index (χ1v) is 9.79. The van der Waals surface area contributed by atoms with Gasteiger partial charge in [-0.25, -0.2) is 4.39 Å². The second-order valence-electron chi connectivity index (χ2n) is 7.35. The van der Waals surface area contributed by atoms with E-state index < -0.39 is 11.2 Å². The second-order valence-corrected chi connectivity index (χ2v) is 7.79. The number of pyridine rings is 1. The lowest BCUT2D eigenvalue weighted by Crippen LogP contribution is -2.44. The maximum Gasteiger partial charge on any atom is 0.207 e. The average Bonchev–Trinajstić information content (AvgIpc) is 2.72. The molecule has 2 aromatic carbocycles. The molecular formula is C22H20ClFN4O. The predicted molar refractivity (Wildman–Crippen MR) is 113 cm³/mol. The summed E-state index contributed by atoms with van der Waals surface area (Å²) in [6, 6.07) is 12.3. The molecule has 0 unspecified atom stereocenters. The Morgan fingerprint density at radius 2 is 1.83 bits per heavy atom. The first-order chi connectivity index (χ1) is 14.0. The monoisotopic (exact) mass is 410 g/mol. The van der Waals surface area contributed by atoms with Gasteiger partial charge in [0.2, 0.25) is 5.43 Å². The molecule has 2 heterocycles. The highest BCUT2D eigenvalue weighted by atomic mass is 35.5. The lowest BCUT2D eigenvalue weighted by atomic mass is 10.1. The van der Waals surface area contributed by atoms with Crippen LogP contribution >= 0.6 is 11.6 Å². The number of fused-ring (bicyclic) bond motifs is 1. The average molecular weight is 411 g/mol. The molecule has 0 bridgehead atoms. The molecule has 0 radical (unpaired) electrons. The zero-order chi connectivity index (χ0) is 20.5. The van der Waals surface area contributed by atoms with Gasteiger partial charge in [-0.3, -0.25) is 4.79 Å². The fourth-order valence-electron chi connectivity index (χ4n) is 3.69. The highest BCUT2D eigenvalue weighted by molar-refractivity contribution is 6.30. The van der Waals surface area contributed by atoms with Crippen molar-refractivity contribution in [2.75, 3.05) is 38.1 Å². The smallest absolute Gasteiger partial charge is 0.207 e. The molecule has 1 fully saturated rings. The number of nitriles is 1. The summed E-state index contributed by atoms with van der Waals surface area (Å²) in [5.41, 5.74) is 1.62. The Bertz CT molecular complexity index is 1160. The molecule has 1 saturated heterocycles. The number of hydrogen-bond donors (Lipinski definition) is 0. The van der Waals surface area contributed by atoms with E-state index in [1.807, 2.05) is 34.7 Å². The third kappa shape index (κ3) is 3.84. The van der Waals surface area contributed by atoms with Gasteiger partial charge in [-0.05, 0) is 36.9 Å². The van der Waals surface area contributed by atoms with Crippen molar-refractivity contribution >= 4 is 28.2 Å². The van der Waals surface area contributed by atoms with Crippen molar-refractivity contribution in [3.8, 4) is 6.07 Å². The highest BCUT2D eigenvalue weighted by Crippen LogP contribution is 2.26. The van der Waals surface area contributed by atoms with Crippen molar-refractivity contribution < 1.29 is 4.39 Å². The molecular weight excluding hydrogens is 391 g/mol. The zero-order valence-electron chi connectivity index (χ0n) is 16.0. The van der Waals surface area contributed by atoms with Crippen LogP contribution in [0.1, 0.15) is 11.1 Å². The van der Waals surface area contributed by atoms with Crippen LogP contribution in [0.3, 0.4) is 0 Å². The van der Waals surface area contributed by atoms with E-state index in [9.17, 15) is 14.4 Å². The Morgan fingerprint density at radius 3 is 2.48 bits per heavy atom. The van der Waals surface area contributed by atoms with Crippen molar-refractivity contribution in [3.63, 3.8) is 0 Å². The quantitative estimate of drug-likeness (QED) is 0.663. The Hall–Kier alpha value is -2.88. The largest absolute Gasteiger partial charge is 0.367 e. The van der Waals surface area contributed by atoms with Crippen molar-refractivity contribution in [2.24, 2.45) is 0 Å². The van der Waals surface area contributed by atoms with Crippen molar-refractivity contribution in [1.82, 2.24) is 9.47 Å². The molecule has 5 nitrogen and oxygen atoms in total. The second kappa shape index (κ2) is 7.86. The normalized spacial score (nSPS) is 14.9. The van der Waals surface area contributed by atoms with E-state index in [0.717, 1.165) is 31.7 Å². The summed E-state index contributed by atoms with van der Waals surface area (Å²) in [4.78, 5) is 16.9. The maximum absolute atomic E-state index is 14.9. The topological polar surface area (TPSA) is 52.3 Å². The summed E-state index contributed by atoms with van der Waals surface area (Å²) in [5.74, 6) is -0.438. The maximum atomic E-state index is 14.9. The van der Waals surface area contributed by atoms with E-state index in [1.54, 1.807) is 24.4 Å². The fourth-order valence-corrected chi connectivity index (χ4v) is 3.81. The standard InChI is InChI=1S/C22H20ClFN4O/c1-26-6-8-27(9-7-26)21-11-20-18(10-19(21)24)22(29)16(12-25)14-28(20)13-15-2-4-17(23)5-3-15/h2-5,10-11,14H,6-9,13H2,1H3. The van der Waals surface area contributed by atoms with E-state index in [1.165, 1.54) is 6.07 Å². The van der Waals surface area contributed by atoms with Gasteiger partial charge in [-0.1, -0.05) is 23.7 Å². The third-order valence-corrected chi connectivity index (χ3v) is 5.63. The van der Waals surface area contributed by atoms with Crippen LogP contribution in [-0.2, 0) is 6.54 Å². The SMILES string of the molecule is CN1CCN(c2cc3c(cc2F)c(=O)c(C#N)cn3Cc2ccc(Cl)cc2)CC1. The van der Waals surface area contributed by atoms with E-state index in [4.69, 9.17) is 11.6 Å². The van der Waals surface area contributed by atoms with Gasteiger partial charge in [0.25, 0.3) is 0 Å². The minimum absolute atomic E-state index is 0.00166. The van der Waals surface area contributed by atoms with Crippen molar-refractivity contribution in [1.29, 1.82) is 5.26 Å². The van der Waals surface area contributed by atoms with Crippen LogP contribution in [0.15, 0.2) is 47.4 Å². The molecule has 148 valence electrons. The molecule has 0 atom stereocenters. The van der Waals surface area contributed by atoms with Crippen LogP contribution in [0.2, 0.25) is 5.02 Å². The molecule has 3 aromatic rings. The molecule has 1 aromatic heterocycles. The molecule has 7 heteroatoms. The lowest BCUT2D eigenvalue weighted by Gasteiger charge is -2.34. The molecule has 0 N–H and O–H groups in total. The van der Waals surface area contributed by atoms with Gasteiger partial charge in [-0.15, -0.1) is 0 Å². The van der Waals surface area contributed by atoms with E-state index in [-0.39, 0.29) is 10.9 Å². The van der Waals surface area contributed by atoms with Crippen LogP contribution in [0.5, 0.6) is 0 Å². The highest BCUT2D eigenvalue weighted by Gasteiger charge is 2.20. The van der Waals surface area contributed by atoms with Gasteiger partial charge in [0.15, 0.2) is 0 Å². The Balaban J connectivity index is 1.85. The minimum Gasteiger partial charge on any atom is -0.367 e. The number of halogens is 2. The van der Waals surface area contributed by atoms with Crippen LogP contribution in [0.4, 0.5) is 10.1 Å². The summed E-state index contributed by atoms with van der Waals surface area (Å²) < 4.78 is 16.7. The Morgan fingerprint density at radius 1 is 1.14 bits per heavy atom. The molecule has 0 amide bonds. The molecule has 1 aliphatic heterocycles. The zero-order valence-corrected chi connectivity index (χ0v) is 16.8. The van der Waals surface area contributed by atoms with Gasteiger partial charge in [0.1, 0.15) is 17.4 Å². The number of rotatable bonds is 3. The van der Waals surface area contributed by atoms with Crippen LogP contribution in [0.25, 0.3) is 10.9 Å². The van der Waals surface area contributed by atoms with Crippen LogP contribution in [-0.4, -0.2) is 42.7 Å². The summed E-state index contributed by atoms with van der Waals surface area (Å²) in [6.07, 6.45) is 1.55. The number of likely N-dealkylation sites (N-methyl/N-ethyl adjacent to an activating group) is 1. The molecule has 4 rings (SSSR count).